The van der Waals surface area contributed by atoms with Crippen molar-refractivity contribution in [3.05, 3.63) is 77.5 Å². The highest BCUT2D eigenvalue weighted by Crippen LogP contribution is 2.23. The van der Waals surface area contributed by atoms with Crippen molar-refractivity contribution in [2.75, 3.05) is 56.7 Å². The summed E-state index contributed by atoms with van der Waals surface area (Å²) < 4.78 is 10.7. The van der Waals surface area contributed by atoms with E-state index in [-0.39, 0.29) is 23.5 Å². The number of piperidine rings is 1. The number of nitrogens with two attached hydrogens (primary N) is 1. The maximum atomic E-state index is 12.8. The molecule has 0 bridgehead atoms. The number of benzene rings is 2. The molecule has 5 rings (SSSR count). The SMILES string of the molecule is C=C(OC)c1ccccc1CN[C@@H]1CCCN(c2nnc(C(N)=O)c(Nc3ccc(C(=O)N4CCOCC4)cc3)n2)C1. The van der Waals surface area contributed by atoms with Crippen LogP contribution in [-0.2, 0) is 16.0 Å². The Bertz CT molecular complexity index is 1430. The molecule has 12 nitrogen and oxygen atoms in total. The number of methoxy groups -OCH3 is 1. The number of morpholine rings is 1. The van der Waals surface area contributed by atoms with Crippen LogP contribution in [0.5, 0.6) is 0 Å². The van der Waals surface area contributed by atoms with Gasteiger partial charge in [0.25, 0.3) is 11.8 Å². The standard InChI is InChI=1S/C30H36N8O4/c1-20(41-2)25-8-4-3-6-22(25)18-32-24-7-5-13-38(19-24)30-34-28(26(27(31)39)35-36-30)33-23-11-9-21(10-12-23)29(40)37-14-16-42-17-15-37/h3-4,6,8-12,24,32H,1,5,7,13-19H2,2H3,(H2,31,39)(H,33,34,36)/t24-/m1/s1. The Morgan fingerprint density at radius 2 is 1.86 bits per heavy atom. The molecule has 2 saturated heterocycles. The van der Waals surface area contributed by atoms with E-state index in [2.05, 4.69) is 38.5 Å². The third-order valence-corrected chi connectivity index (χ3v) is 7.45. The van der Waals surface area contributed by atoms with E-state index >= 15 is 0 Å². The Hall–Kier alpha value is -4.55. The molecule has 0 radical (unpaired) electrons. The smallest absolute Gasteiger partial charge is 0.273 e. The van der Waals surface area contributed by atoms with Gasteiger partial charge >= 0.3 is 0 Å². The molecule has 4 N–H and O–H groups in total. The van der Waals surface area contributed by atoms with Gasteiger partial charge in [0.2, 0.25) is 5.95 Å². The minimum absolute atomic E-state index is 0.0472. The van der Waals surface area contributed by atoms with E-state index in [1.807, 2.05) is 23.1 Å². The highest BCUT2D eigenvalue weighted by atomic mass is 16.5. The fourth-order valence-electron chi connectivity index (χ4n) is 5.12. The number of hydrogen-bond acceptors (Lipinski definition) is 10. The molecule has 2 aliphatic heterocycles. The van der Waals surface area contributed by atoms with E-state index in [4.69, 9.17) is 15.2 Å². The van der Waals surface area contributed by atoms with Crippen molar-refractivity contribution in [2.45, 2.75) is 25.4 Å². The van der Waals surface area contributed by atoms with Gasteiger partial charge in [0.05, 0.1) is 20.3 Å². The van der Waals surface area contributed by atoms with Gasteiger partial charge in [-0.15, -0.1) is 10.2 Å². The van der Waals surface area contributed by atoms with E-state index in [1.54, 1.807) is 36.3 Å². The highest BCUT2D eigenvalue weighted by Gasteiger charge is 2.25. The molecule has 0 saturated carbocycles. The Labute approximate surface area is 244 Å². The van der Waals surface area contributed by atoms with Crippen LogP contribution in [0.25, 0.3) is 5.76 Å². The van der Waals surface area contributed by atoms with Gasteiger partial charge in [0, 0.05) is 55.6 Å². The second-order valence-corrected chi connectivity index (χ2v) is 10.2. The van der Waals surface area contributed by atoms with Crippen LogP contribution in [0.3, 0.4) is 0 Å². The van der Waals surface area contributed by atoms with Crippen LogP contribution in [0.2, 0.25) is 0 Å². The first kappa shape index (κ1) is 29.0. The number of hydrogen-bond donors (Lipinski definition) is 3. The van der Waals surface area contributed by atoms with Gasteiger partial charge in [-0.05, 0) is 42.7 Å². The summed E-state index contributed by atoms with van der Waals surface area (Å²) in [6, 6.07) is 15.2. The zero-order chi connectivity index (χ0) is 29.5. The molecule has 220 valence electrons. The number of anilines is 3. The average molecular weight is 573 g/mol. The number of primary amides is 1. The number of nitrogens with one attached hydrogen (secondary N) is 2. The molecule has 2 fully saturated rings. The van der Waals surface area contributed by atoms with Crippen molar-refractivity contribution in [3.63, 3.8) is 0 Å². The Morgan fingerprint density at radius 1 is 1.10 bits per heavy atom. The second-order valence-electron chi connectivity index (χ2n) is 10.2. The number of nitrogens with zero attached hydrogens (tertiary/aromatic N) is 5. The van der Waals surface area contributed by atoms with E-state index in [0.29, 0.717) is 62.4 Å². The Kier molecular flexibility index (Phi) is 9.25. The van der Waals surface area contributed by atoms with Gasteiger partial charge in [-0.1, -0.05) is 30.8 Å². The van der Waals surface area contributed by atoms with E-state index in [0.717, 1.165) is 30.5 Å². The normalized spacial score (nSPS) is 17.0. The minimum atomic E-state index is -0.738. The van der Waals surface area contributed by atoms with Crippen molar-refractivity contribution in [1.29, 1.82) is 0 Å². The van der Waals surface area contributed by atoms with Crippen molar-refractivity contribution in [3.8, 4) is 0 Å². The van der Waals surface area contributed by atoms with Crippen LogP contribution in [-0.4, -0.2) is 84.4 Å². The predicted octanol–water partition coefficient (Wildman–Crippen LogP) is 2.56. The number of amides is 2. The fourth-order valence-corrected chi connectivity index (χ4v) is 5.12. The number of carbonyl (C=O) groups is 2. The summed E-state index contributed by atoms with van der Waals surface area (Å²) in [5, 5.41) is 15.1. The molecule has 42 heavy (non-hydrogen) atoms. The maximum Gasteiger partial charge on any atom is 0.273 e. The zero-order valence-electron chi connectivity index (χ0n) is 23.7. The van der Waals surface area contributed by atoms with Crippen LogP contribution in [0.4, 0.5) is 17.5 Å². The van der Waals surface area contributed by atoms with Crippen LogP contribution in [0.1, 0.15) is 44.8 Å². The topological polar surface area (TPSA) is 148 Å². The third-order valence-electron chi connectivity index (χ3n) is 7.45. The first-order chi connectivity index (χ1) is 20.4. The first-order valence-electron chi connectivity index (χ1n) is 14.0. The van der Waals surface area contributed by atoms with Crippen LogP contribution < -0.4 is 21.3 Å². The Morgan fingerprint density at radius 3 is 2.60 bits per heavy atom. The summed E-state index contributed by atoms with van der Waals surface area (Å²) in [5.41, 5.74) is 8.81. The molecule has 0 spiro atoms. The van der Waals surface area contributed by atoms with Crippen LogP contribution >= 0.6 is 0 Å². The molecule has 0 unspecified atom stereocenters. The molecule has 12 heteroatoms. The van der Waals surface area contributed by atoms with E-state index < -0.39 is 5.91 Å². The van der Waals surface area contributed by atoms with E-state index in [9.17, 15) is 9.59 Å². The van der Waals surface area contributed by atoms with Gasteiger partial charge in [-0.2, -0.15) is 4.98 Å². The number of rotatable bonds is 10. The Balaban J connectivity index is 1.27. The molecule has 1 atom stereocenters. The second kappa shape index (κ2) is 13.4. The monoisotopic (exact) mass is 572 g/mol. The van der Waals surface area contributed by atoms with Crippen LogP contribution in [0.15, 0.2) is 55.1 Å². The average Bonchev–Trinajstić information content (AvgIpc) is 3.04. The third kappa shape index (κ3) is 6.84. The molecule has 2 aliphatic rings. The van der Waals surface area contributed by atoms with Crippen molar-refractivity contribution in [2.24, 2.45) is 5.73 Å². The number of aromatic nitrogens is 3. The molecule has 3 heterocycles. The molecule has 1 aromatic heterocycles. The zero-order valence-corrected chi connectivity index (χ0v) is 23.7. The van der Waals surface area contributed by atoms with E-state index in [1.165, 1.54) is 0 Å². The summed E-state index contributed by atoms with van der Waals surface area (Å²) >= 11 is 0. The van der Waals surface area contributed by atoms with Crippen LogP contribution in [0, 0.1) is 0 Å². The lowest BCUT2D eigenvalue weighted by atomic mass is 10.0. The molecule has 2 aromatic carbocycles. The fraction of sp³-hybridized carbons (Fsp3) is 0.367. The minimum Gasteiger partial charge on any atom is -0.497 e. The summed E-state index contributed by atoms with van der Waals surface area (Å²) in [6.07, 6.45) is 1.93. The van der Waals surface area contributed by atoms with Crippen molar-refractivity contribution in [1.82, 2.24) is 25.4 Å². The van der Waals surface area contributed by atoms with Gasteiger partial charge in [-0.25, -0.2) is 0 Å². The molecular weight excluding hydrogens is 536 g/mol. The van der Waals surface area contributed by atoms with Gasteiger partial charge in [0.1, 0.15) is 5.76 Å². The lowest BCUT2D eigenvalue weighted by molar-refractivity contribution is 0.0303. The van der Waals surface area contributed by atoms with Crippen molar-refractivity contribution >= 4 is 35.0 Å². The quantitative estimate of drug-likeness (QED) is 0.310. The van der Waals surface area contributed by atoms with Crippen molar-refractivity contribution < 1.29 is 19.1 Å². The summed E-state index contributed by atoms with van der Waals surface area (Å²) in [6.45, 7) is 8.30. The predicted molar refractivity (Wildman–Crippen MR) is 159 cm³/mol. The lowest BCUT2D eigenvalue weighted by Gasteiger charge is -2.33. The number of ether oxygens (including phenoxy) is 2. The maximum absolute atomic E-state index is 12.8. The molecule has 0 aliphatic carbocycles. The molecule has 2 amide bonds. The summed E-state index contributed by atoms with van der Waals surface area (Å²) in [5.74, 6) is 0.458. The highest BCUT2D eigenvalue weighted by molar-refractivity contribution is 5.97. The molecular formula is C30H36N8O4. The summed E-state index contributed by atoms with van der Waals surface area (Å²) in [4.78, 5) is 33.4. The summed E-state index contributed by atoms with van der Waals surface area (Å²) in [7, 11) is 1.62. The molecule has 3 aromatic rings. The largest absolute Gasteiger partial charge is 0.497 e. The van der Waals surface area contributed by atoms with Gasteiger partial charge < -0.3 is 35.6 Å². The van der Waals surface area contributed by atoms with Gasteiger partial charge in [-0.3, -0.25) is 9.59 Å². The lowest BCUT2D eigenvalue weighted by Crippen LogP contribution is -2.46. The number of carbonyl (C=O) groups excluding carboxylic acids is 2. The first-order valence-corrected chi connectivity index (χ1v) is 14.0. The van der Waals surface area contributed by atoms with Gasteiger partial charge in [0.15, 0.2) is 11.5 Å².